The molecule has 7 nitrogen and oxygen atoms in total. The first-order valence-electron chi connectivity index (χ1n) is 8.62. The molecule has 0 radical (unpaired) electrons. The van der Waals surface area contributed by atoms with E-state index in [1.165, 1.54) is 0 Å². The Kier molecular flexibility index (Phi) is 4.39. The lowest BCUT2D eigenvalue weighted by Gasteiger charge is -2.37. The number of morpholine rings is 1. The SMILES string of the molecule is O=C(c1ccc(N2CCOCC2)cn1)N1CCC2(CC1)OCCO2. The van der Waals surface area contributed by atoms with Crippen LogP contribution in [-0.4, -0.2) is 74.2 Å². The van der Waals surface area contributed by atoms with Gasteiger partial charge in [0.2, 0.25) is 0 Å². The molecule has 24 heavy (non-hydrogen) atoms. The van der Waals surface area contributed by atoms with Gasteiger partial charge < -0.3 is 24.0 Å². The van der Waals surface area contributed by atoms with Crippen molar-refractivity contribution in [3.63, 3.8) is 0 Å². The van der Waals surface area contributed by atoms with Crippen molar-refractivity contribution >= 4 is 11.6 Å². The van der Waals surface area contributed by atoms with Crippen molar-refractivity contribution in [1.82, 2.24) is 9.88 Å². The van der Waals surface area contributed by atoms with E-state index in [0.29, 0.717) is 32.0 Å². The molecule has 0 atom stereocenters. The van der Waals surface area contributed by atoms with Gasteiger partial charge in [-0.25, -0.2) is 4.98 Å². The number of nitrogens with zero attached hydrogens (tertiary/aromatic N) is 3. The molecule has 4 rings (SSSR count). The molecule has 3 aliphatic heterocycles. The fraction of sp³-hybridized carbons (Fsp3) is 0.647. The van der Waals surface area contributed by atoms with Crippen LogP contribution >= 0.6 is 0 Å². The zero-order chi connectivity index (χ0) is 16.4. The molecule has 0 aromatic carbocycles. The van der Waals surface area contributed by atoms with Gasteiger partial charge in [0.05, 0.1) is 38.3 Å². The summed E-state index contributed by atoms with van der Waals surface area (Å²) in [6, 6.07) is 3.79. The minimum Gasteiger partial charge on any atom is -0.378 e. The molecule has 7 heteroatoms. The quantitative estimate of drug-likeness (QED) is 0.801. The molecule has 0 N–H and O–H groups in total. The Labute approximate surface area is 141 Å². The van der Waals surface area contributed by atoms with E-state index in [9.17, 15) is 4.79 Å². The molecule has 1 aromatic rings. The topological polar surface area (TPSA) is 64.1 Å². The molecule has 0 bridgehead atoms. The lowest BCUT2D eigenvalue weighted by Crippen LogP contribution is -2.47. The molecule has 130 valence electrons. The van der Waals surface area contributed by atoms with Crippen LogP contribution in [-0.2, 0) is 14.2 Å². The highest BCUT2D eigenvalue weighted by atomic mass is 16.7. The van der Waals surface area contributed by atoms with Crippen molar-refractivity contribution in [2.75, 3.05) is 57.5 Å². The van der Waals surface area contributed by atoms with Crippen LogP contribution < -0.4 is 4.90 Å². The van der Waals surface area contributed by atoms with Crippen LogP contribution in [0.1, 0.15) is 23.3 Å². The molecule has 3 fully saturated rings. The van der Waals surface area contributed by atoms with E-state index in [2.05, 4.69) is 9.88 Å². The number of piperidine rings is 1. The van der Waals surface area contributed by atoms with E-state index in [1.54, 1.807) is 6.20 Å². The average Bonchev–Trinajstić information content (AvgIpc) is 3.11. The van der Waals surface area contributed by atoms with Crippen LogP contribution in [0.5, 0.6) is 0 Å². The van der Waals surface area contributed by atoms with Crippen molar-refractivity contribution in [1.29, 1.82) is 0 Å². The molecule has 3 saturated heterocycles. The predicted molar refractivity (Wildman–Crippen MR) is 87.0 cm³/mol. The van der Waals surface area contributed by atoms with Gasteiger partial charge in [0.1, 0.15) is 5.69 Å². The Morgan fingerprint density at radius 2 is 1.71 bits per heavy atom. The highest BCUT2D eigenvalue weighted by Crippen LogP contribution is 2.31. The summed E-state index contributed by atoms with van der Waals surface area (Å²) < 4.78 is 16.8. The number of carbonyl (C=O) groups is 1. The first kappa shape index (κ1) is 15.8. The van der Waals surface area contributed by atoms with Gasteiger partial charge in [-0.05, 0) is 12.1 Å². The minimum atomic E-state index is -0.454. The number of amides is 1. The molecular formula is C17H23N3O4. The van der Waals surface area contributed by atoms with E-state index >= 15 is 0 Å². The van der Waals surface area contributed by atoms with Crippen molar-refractivity contribution in [2.45, 2.75) is 18.6 Å². The third kappa shape index (κ3) is 3.11. The largest absolute Gasteiger partial charge is 0.378 e. The fourth-order valence-electron chi connectivity index (χ4n) is 3.52. The third-order valence-electron chi connectivity index (χ3n) is 4.97. The molecule has 3 aliphatic rings. The third-order valence-corrected chi connectivity index (χ3v) is 4.97. The predicted octanol–water partition coefficient (Wildman–Crippen LogP) is 0.897. The number of rotatable bonds is 2. The second kappa shape index (κ2) is 6.66. The summed E-state index contributed by atoms with van der Waals surface area (Å²) in [4.78, 5) is 21.1. The number of hydrogen-bond donors (Lipinski definition) is 0. The second-order valence-corrected chi connectivity index (χ2v) is 6.40. The highest BCUT2D eigenvalue weighted by molar-refractivity contribution is 5.92. The lowest BCUT2D eigenvalue weighted by molar-refractivity contribution is -0.181. The zero-order valence-electron chi connectivity index (χ0n) is 13.8. The van der Waals surface area contributed by atoms with E-state index in [4.69, 9.17) is 14.2 Å². The Hall–Kier alpha value is -1.70. The van der Waals surface area contributed by atoms with Crippen LogP contribution in [0.4, 0.5) is 5.69 Å². The Morgan fingerprint density at radius 3 is 2.33 bits per heavy atom. The van der Waals surface area contributed by atoms with Crippen LogP contribution in [0, 0.1) is 0 Å². The zero-order valence-corrected chi connectivity index (χ0v) is 13.8. The van der Waals surface area contributed by atoms with Crippen LogP contribution in [0.2, 0.25) is 0 Å². The van der Waals surface area contributed by atoms with Crippen LogP contribution in [0.25, 0.3) is 0 Å². The summed E-state index contributed by atoms with van der Waals surface area (Å²) in [6.07, 6.45) is 3.24. The van der Waals surface area contributed by atoms with Gasteiger partial charge in [-0.2, -0.15) is 0 Å². The monoisotopic (exact) mass is 333 g/mol. The average molecular weight is 333 g/mol. The maximum absolute atomic E-state index is 12.6. The molecular weight excluding hydrogens is 310 g/mol. The number of pyridine rings is 1. The minimum absolute atomic E-state index is 0.0172. The van der Waals surface area contributed by atoms with Crippen molar-refractivity contribution in [3.05, 3.63) is 24.0 Å². The van der Waals surface area contributed by atoms with Gasteiger partial charge in [0.15, 0.2) is 5.79 Å². The van der Waals surface area contributed by atoms with Crippen molar-refractivity contribution in [2.24, 2.45) is 0 Å². The van der Waals surface area contributed by atoms with E-state index in [0.717, 1.165) is 44.8 Å². The summed E-state index contributed by atoms with van der Waals surface area (Å²) in [5.74, 6) is -0.471. The normalized spacial score (nSPS) is 23.7. The Balaban J connectivity index is 1.37. The standard InChI is InChI=1S/C17H23N3O4/c21-16(20-5-3-17(4-6-20)23-11-12-24-17)15-2-1-14(13-18-15)19-7-9-22-10-8-19/h1-2,13H,3-12H2. The molecule has 0 saturated carbocycles. The van der Waals surface area contributed by atoms with Gasteiger partial charge in [-0.15, -0.1) is 0 Å². The Bertz CT molecular complexity index is 570. The van der Waals surface area contributed by atoms with Gasteiger partial charge in [0.25, 0.3) is 5.91 Å². The van der Waals surface area contributed by atoms with Crippen LogP contribution in [0.3, 0.4) is 0 Å². The molecule has 4 heterocycles. The molecule has 1 amide bonds. The first-order chi connectivity index (χ1) is 11.8. The molecule has 0 unspecified atom stereocenters. The van der Waals surface area contributed by atoms with Gasteiger partial charge in [0, 0.05) is 39.0 Å². The number of carbonyl (C=O) groups excluding carboxylic acids is 1. The van der Waals surface area contributed by atoms with Crippen LogP contribution in [0.15, 0.2) is 18.3 Å². The molecule has 0 aliphatic carbocycles. The van der Waals surface area contributed by atoms with E-state index < -0.39 is 5.79 Å². The summed E-state index contributed by atoms with van der Waals surface area (Å²) in [5, 5.41) is 0. The van der Waals surface area contributed by atoms with Gasteiger partial charge >= 0.3 is 0 Å². The van der Waals surface area contributed by atoms with E-state index in [1.807, 2.05) is 17.0 Å². The second-order valence-electron chi connectivity index (χ2n) is 6.40. The van der Waals surface area contributed by atoms with Crippen molar-refractivity contribution in [3.8, 4) is 0 Å². The van der Waals surface area contributed by atoms with E-state index in [-0.39, 0.29) is 5.91 Å². The number of anilines is 1. The summed E-state index contributed by atoms with van der Waals surface area (Å²) >= 11 is 0. The van der Waals surface area contributed by atoms with Gasteiger partial charge in [-0.3, -0.25) is 4.79 Å². The highest BCUT2D eigenvalue weighted by Gasteiger charge is 2.41. The maximum Gasteiger partial charge on any atom is 0.272 e. The summed E-state index contributed by atoms with van der Waals surface area (Å²) in [6.45, 7) is 5.79. The number of ether oxygens (including phenoxy) is 3. The first-order valence-corrected chi connectivity index (χ1v) is 8.62. The smallest absolute Gasteiger partial charge is 0.272 e. The fourth-order valence-corrected chi connectivity index (χ4v) is 3.52. The number of aromatic nitrogens is 1. The molecule has 1 spiro atoms. The van der Waals surface area contributed by atoms with Gasteiger partial charge in [-0.1, -0.05) is 0 Å². The maximum atomic E-state index is 12.6. The number of hydrogen-bond acceptors (Lipinski definition) is 6. The summed E-state index contributed by atoms with van der Waals surface area (Å²) in [5.41, 5.74) is 1.54. The lowest BCUT2D eigenvalue weighted by atomic mass is 10.0. The number of likely N-dealkylation sites (tertiary alicyclic amines) is 1. The van der Waals surface area contributed by atoms with Crippen molar-refractivity contribution < 1.29 is 19.0 Å². The Morgan fingerprint density at radius 1 is 1.00 bits per heavy atom. The molecule has 1 aromatic heterocycles. The summed E-state index contributed by atoms with van der Waals surface area (Å²) in [7, 11) is 0.